The normalized spacial score (nSPS) is 12.8. The first-order valence-electron chi connectivity index (χ1n) is 6.60. The zero-order chi connectivity index (χ0) is 15.0. The van der Waals surface area contributed by atoms with Crippen molar-refractivity contribution < 1.29 is 13.9 Å². The molecule has 0 spiro atoms. The molecule has 0 fully saturated rings. The van der Waals surface area contributed by atoms with E-state index in [0.717, 1.165) is 10.9 Å². The van der Waals surface area contributed by atoms with Gasteiger partial charge in [0.2, 0.25) is 0 Å². The molecule has 1 atom stereocenters. The maximum Gasteiger partial charge on any atom is 0.129 e. The second-order valence-electron chi connectivity index (χ2n) is 4.95. The number of hydrogen-bond acceptors (Lipinski definition) is 2. The topological polar surface area (TPSA) is 38.0 Å². The average Bonchev–Trinajstić information content (AvgIpc) is 2.81. The summed E-state index contributed by atoms with van der Waals surface area (Å²) in [5, 5.41) is 15.4. The fourth-order valence-electron chi connectivity index (χ4n) is 2.51. The monoisotopic (exact) mass is 288 g/mol. The Morgan fingerprint density at radius 1 is 1.10 bits per heavy atom. The molecule has 0 bridgehead atoms. The zero-order valence-electron chi connectivity index (χ0n) is 11.4. The predicted molar refractivity (Wildman–Crippen MR) is 75.7 cm³/mol. The van der Waals surface area contributed by atoms with Gasteiger partial charge in [-0.25, -0.2) is 8.78 Å². The number of para-hydroxylation sites is 1. The summed E-state index contributed by atoms with van der Waals surface area (Å²) in [4.78, 5) is 0. The van der Waals surface area contributed by atoms with Crippen molar-refractivity contribution in [3.63, 3.8) is 0 Å². The van der Waals surface area contributed by atoms with E-state index in [4.69, 9.17) is 0 Å². The molecule has 1 N–H and O–H groups in total. The quantitative estimate of drug-likeness (QED) is 0.804. The molecule has 108 valence electrons. The maximum atomic E-state index is 13.7. The smallest absolute Gasteiger partial charge is 0.129 e. The van der Waals surface area contributed by atoms with E-state index in [9.17, 15) is 13.9 Å². The van der Waals surface area contributed by atoms with Crippen LogP contribution in [-0.2, 0) is 13.5 Å². The summed E-state index contributed by atoms with van der Waals surface area (Å²) in [6.45, 7) is 0. The molecule has 5 heteroatoms. The van der Waals surface area contributed by atoms with Crippen LogP contribution < -0.4 is 0 Å². The molecular weight excluding hydrogens is 274 g/mol. The van der Waals surface area contributed by atoms with Crippen molar-refractivity contribution in [3.8, 4) is 0 Å². The number of aliphatic hydroxyl groups excluding tert-OH is 1. The predicted octanol–water partition coefficient (Wildman–Crippen LogP) is 3.13. The van der Waals surface area contributed by atoms with Crippen molar-refractivity contribution >= 4 is 10.9 Å². The van der Waals surface area contributed by atoms with E-state index in [1.54, 1.807) is 11.7 Å². The Bertz CT molecular complexity index is 778. The van der Waals surface area contributed by atoms with Crippen LogP contribution in [0.3, 0.4) is 0 Å². The van der Waals surface area contributed by atoms with Gasteiger partial charge in [0.05, 0.1) is 11.2 Å². The van der Waals surface area contributed by atoms with Gasteiger partial charge in [0.15, 0.2) is 0 Å². The van der Waals surface area contributed by atoms with E-state index >= 15 is 0 Å². The minimum absolute atomic E-state index is 0.125. The second kappa shape index (κ2) is 5.26. The van der Waals surface area contributed by atoms with E-state index in [1.165, 1.54) is 18.2 Å². The molecule has 0 radical (unpaired) electrons. The van der Waals surface area contributed by atoms with Gasteiger partial charge in [0.25, 0.3) is 0 Å². The van der Waals surface area contributed by atoms with Crippen molar-refractivity contribution in [2.75, 3.05) is 0 Å². The third kappa shape index (κ3) is 2.40. The van der Waals surface area contributed by atoms with Crippen LogP contribution in [0.5, 0.6) is 0 Å². The van der Waals surface area contributed by atoms with Gasteiger partial charge in [0, 0.05) is 24.4 Å². The van der Waals surface area contributed by atoms with Crippen LogP contribution in [-0.4, -0.2) is 14.9 Å². The summed E-state index contributed by atoms with van der Waals surface area (Å²) < 4.78 is 29.0. The lowest BCUT2D eigenvalue weighted by atomic mass is 10.0. The van der Waals surface area contributed by atoms with Gasteiger partial charge >= 0.3 is 0 Å². The van der Waals surface area contributed by atoms with Crippen molar-refractivity contribution in [3.05, 3.63) is 65.4 Å². The van der Waals surface area contributed by atoms with Crippen LogP contribution in [0.15, 0.2) is 42.5 Å². The van der Waals surface area contributed by atoms with Crippen LogP contribution in [0.25, 0.3) is 10.9 Å². The molecule has 0 amide bonds. The van der Waals surface area contributed by atoms with Crippen LogP contribution >= 0.6 is 0 Å². The number of fused-ring (bicyclic) bond motifs is 1. The van der Waals surface area contributed by atoms with Crippen LogP contribution in [0.4, 0.5) is 8.78 Å². The average molecular weight is 288 g/mol. The third-order valence-corrected chi connectivity index (χ3v) is 3.56. The number of hydrogen-bond donors (Lipinski definition) is 1. The number of benzene rings is 2. The molecule has 3 aromatic rings. The highest BCUT2D eigenvalue weighted by Crippen LogP contribution is 2.27. The van der Waals surface area contributed by atoms with Gasteiger partial charge in [-0.05, 0) is 18.2 Å². The van der Waals surface area contributed by atoms with Crippen LogP contribution in [0.1, 0.15) is 17.4 Å². The summed E-state index contributed by atoms with van der Waals surface area (Å²) in [7, 11) is 1.77. The standard InChI is InChI=1S/C16H14F2N2O/c1-20-14-8-3-2-5-10(14)16(19-20)15(21)9-11-12(17)6-4-7-13(11)18/h2-8,15,21H,9H2,1H3. The van der Waals surface area contributed by atoms with Crippen molar-refractivity contribution in [1.29, 1.82) is 0 Å². The highest BCUT2D eigenvalue weighted by molar-refractivity contribution is 5.82. The van der Waals surface area contributed by atoms with Gasteiger partial charge in [-0.15, -0.1) is 0 Å². The molecule has 0 aliphatic rings. The number of rotatable bonds is 3. The largest absolute Gasteiger partial charge is 0.386 e. The van der Waals surface area contributed by atoms with E-state index < -0.39 is 17.7 Å². The molecule has 0 aliphatic carbocycles. The molecular formula is C16H14F2N2O. The Hall–Kier alpha value is -2.27. The Labute approximate surface area is 120 Å². The fraction of sp³-hybridized carbons (Fsp3) is 0.188. The van der Waals surface area contributed by atoms with Crippen molar-refractivity contribution in [2.45, 2.75) is 12.5 Å². The van der Waals surface area contributed by atoms with E-state index in [0.29, 0.717) is 5.69 Å². The summed E-state index contributed by atoms with van der Waals surface area (Å²) in [5.41, 5.74) is 1.16. The Morgan fingerprint density at radius 2 is 1.76 bits per heavy atom. The molecule has 0 saturated carbocycles. The molecule has 21 heavy (non-hydrogen) atoms. The molecule has 0 aliphatic heterocycles. The van der Waals surface area contributed by atoms with E-state index in [2.05, 4.69) is 5.10 Å². The summed E-state index contributed by atoms with van der Waals surface area (Å²) in [6.07, 6.45) is -1.22. The minimum atomic E-state index is -1.07. The number of aromatic nitrogens is 2. The maximum absolute atomic E-state index is 13.7. The molecule has 3 nitrogen and oxygen atoms in total. The van der Waals surface area contributed by atoms with Gasteiger partial charge in [-0.1, -0.05) is 24.3 Å². The highest BCUT2D eigenvalue weighted by atomic mass is 19.1. The second-order valence-corrected chi connectivity index (χ2v) is 4.95. The number of halogens is 2. The molecule has 2 aromatic carbocycles. The van der Waals surface area contributed by atoms with Gasteiger partial charge < -0.3 is 5.11 Å². The van der Waals surface area contributed by atoms with E-state index in [1.807, 2.05) is 24.3 Å². The Kier molecular flexibility index (Phi) is 3.43. The summed E-state index contributed by atoms with van der Waals surface area (Å²) in [6, 6.07) is 11.1. The lowest BCUT2D eigenvalue weighted by Gasteiger charge is -2.10. The Morgan fingerprint density at radius 3 is 2.48 bits per heavy atom. The summed E-state index contributed by atoms with van der Waals surface area (Å²) >= 11 is 0. The molecule has 0 saturated heterocycles. The first-order valence-corrected chi connectivity index (χ1v) is 6.60. The first kappa shape index (κ1) is 13.7. The molecule has 1 unspecified atom stereocenters. The highest BCUT2D eigenvalue weighted by Gasteiger charge is 2.20. The van der Waals surface area contributed by atoms with E-state index in [-0.39, 0.29) is 12.0 Å². The molecule has 1 aromatic heterocycles. The van der Waals surface area contributed by atoms with Gasteiger partial charge in [-0.2, -0.15) is 5.10 Å². The fourth-order valence-corrected chi connectivity index (χ4v) is 2.51. The lowest BCUT2D eigenvalue weighted by molar-refractivity contribution is 0.171. The molecule has 1 heterocycles. The van der Waals surface area contributed by atoms with Crippen molar-refractivity contribution in [1.82, 2.24) is 9.78 Å². The zero-order valence-corrected chi connectivity index (χ0v) is 11.4. The molecule has 3 rings (SSSR count). The summed E-state index contributed by atoms with van der Waals surface area (Å²) in [5.74, 6) is -1.32. The van der Waals surface area contributed by atoms with Gasteiger partial charge in [-0.3, -0.25) is 4.68 Å². The SMILES string of the molecule is Cn1nc(C(O)Cc2c(F)cccc2F)c2ccccc21. The number of aliphatic hydroxyl groups is 1. The lowest BCUT2D eigenvalue weighted by Crippen LogP contribution is -2.07. The Balaban J connectivity index is 2.00. The number of nitrogens with zero attached hydrogens (tertiary/aromatic N) is 2. The first-order chi connectivity index (χ1) is 10.1. The number of aryl methyl sites for hydroxylation is 1. The third-order valence-electron chi connectivity index (χ3n) is 3.56. The van der Waals surface area contributed by atoms with Gasteiger partial charge in [0.1, 0.15) is 17.7 Å². The van der Waals surface area contributed by atoms with Crippen LogP contribution in [0.2, 0.25) is 0 Å². The minimum Gasteiger partial charge on any atom is -0.386 e. The van der Waals surface area contributed by atoms with Crippen molar-refractivity contribution in [2.24, 2.45) is 7.05 Å². The van der Waals surface area contributed by atoms with Crippen LogP contribution in [0, 0.1) is 11.6 Å².